The minimum absolute atomic E-state index is 0. The number of halogens is 2. The second kappa shape index (κ2) is 12.2. The van der Waals surface area contributed by atoms with Crippen LogP contribution in [0.3, 0.4) is 0 Å². The normalized spacial score (nSPS) is 10.9. The van der Waals surface area contributed by atoms with Gasteiger partial charge < -0.3 is 15.6 Å². The second-order valence-electron chi connectivity index (χ2n) is 8.36. The number of amidine groups is 1. The summed E-state index contributed by atoms with van der Waals surface area (Å²) in [6, 6.07) is 16.0. The third-order valence-electron chi connectivity index (χ3n) is 5.45. The Morgan fingerprint density at radius 1 is 1.03 bits per heavy atom. The zero-order valence-corrected chi connectivity index (χ0v) is 22.9. The Labute approximate surface area is 228 Å². The van der Waals surface area contributed by atoms with Gasteiger partial charge in [-0.25, -0.2) is 18.4 Å². The fraction of sp³-hybridized carbons (Fsp3) is 0.200. The number of sulfone groups is 1. The fourth-order valence-corrected chi connectivity index (χ4v) is 4.42. The van der Waals surface area contributed by atoms with Gasteiger partial charge in [-0.3, -0.25) is 5.41 Å². The van der Waals surface area contributed by atoms with Crippen molar-refractivity contribution in [1.82, 2.24) is 20.4 Å². The summed E-state index contributed by atoms with van der Waals surface area (Å²) in [7, 11) is -3.36. The van der Waals surface area contributed by atoms with E-state index in [1.165, 1.54) is 6.20 Å². The molecule has 0 bridgehead atoms. The van der Waals surface area contributed by atoms with E-state index in [0.717, 1.165) is 11.1 Å². The molecule has 2 aromatic carbocycles. The highest BCUT2D eigenvalue weighted by molar-refractivity contribution is 7.92. The van der Waals surface area contributed by atoms with Crippen molar-refractivity contribution in [2.75, 3.05) is 5.73 Å². The lowest BCUT2D eigenvalue weighted by Crippen LogP contribution is -2.18. The lowest BCUT2D eigenvalue weighted by Gasteiger charge is -2.09. The third kappa shape index (κ3) is 6.65. The van der Waals surface area contributed by atoms with Gasteiger partial charge in [0.1, 0.15) is 5.69 Å². The van der Waals surface area contributed by atoms with Gasteiger partial charge in [0.25, 0.3) is 0 Å². The standard InChI is InChI=1S/C25H26N6O3S.2ClH/c1-15(2)35(32,33)20-10-8-19(9-11-20)22-14-29-25(27)24(30-22)23-12-21(31-34-23)18-6-4-17(5-7-18)13-28-16(3)26;;/h4-12,14-15H,13H2,1-3H3,(H2,26,28)(H2,27,29);2*1H. The highest BCUT2D eigenvalue weighted by atomic mass is 35.5. The van der Waals surface area contributed by atoms with Crippen LogP contribution < -0.4 is 11.1 Å². The van der Waals surface area contributed by atoms with Crippen LogP contribution in [0.15, 0.2) is 70.2 Å². The maximum atomic E-state index is 12.4. The molecule has 196 valence electrons. The third-order valence-corrected chi connectivity index (χ3v) is 7.62. The minimum atomic E-state index is -3.36. The molecule has 0 fully saturated rings. The van der Waals surface area contributed by atoms with Crippen LogP contribution in [0.5, 0.6) is 0 Å². The highest BCUT2D eigenvalue weighted by Gasteiger charge is 2.20. The van der Waals surface area contributed by atoms with Crippen molar-refractivity contribution in [3.8, 4) is 34.0 Å². The lowest BCUT2D eigenvalue weighted by molar-refractivity contribution is 0.434. The average molecular weight is 564 g/mol. The summed E-state index contributed by atoms with van der Waals surface area (Å²) in [5, 5.41) is 14.1. The first-order chi connectivity index (χ1) is 16.6. The van der Waals surface area contributed by atoms with E-state index in [1.54, 1.807) is 51.1 Å². The average Bonchev–Trinajstić information content (AvgIpc) is 3.33. The molecule has 0 aliphatic heterocycles. The zero-order valence-electron chi connectivity index (χ0n) is 20.4. The number of hydrogen-bond donors (Lipinski definition) is 3. The molecule has 0 saturated carbocycles. The maximum Gasteiger partial charge on any atom is 0.189 e. The number of rotatable bonds is 7. The van der Waals surface area contributed by atoms with Crippen LogP contribution in [0, 0.1) is 5.41 Å². The number of nitrogens with one attached hydrogen (secondary N) is 2. The summed E-state index contributed by atoms with van der Waals surface area (Å²) in [6.07, 6.45) is 1.53. The van der Waals surface area contributed by atoms with Gasteiger partial charge in [-0.2, -0.15) is 0 Å². The van der Waals surface area contributed by atoms with Crippen LogP contribution >= 0.6 is 24.8 Å². The van der Waals surface area contributed by atoms with E-state index in [2.05, 4.69) is 20.4 Å². The molecule has 0 atom stereocenters. The summed E-state index contributed by atoms with van der Waals surface area (Å²) < 4.78 is 30.3. The molecule has 0 radical (unpaired) electrons. The predicted molar refractivity (Wildman–Crippen MR) is 150 cm³/mol. The van der Waals surface area contributed by atoms with Gasteiger partial charge in [0.15, 0.2) is 27.1 Å². The Balaban J connectivity index is 0.00000241. The van der Waals surface area contributed by atoms with Crippen molar-refractivity contribution in [3.05, 3.63) is 66.4 Å². The molecule has 0 spiro atoms. The quantitative estimate of drug-likeness (QED) is 0.206. The fourth-order valence-electron chi connectivity index (χ4n) is 3.36. The molecule has 2 aromatic heterocycles. The molecule has 0 amide bonds. The van der Waals surface area contributed by atoms with E-state index < -0.39 is 15.1 Å². The zero-order chi connectivity index (χ0) is 25.2. The summed E-state index contributed by atoms with van der Waals surface area (Å²) in [5.41, 5.74) is 10.2. The van der Waals surface area contributed by atoms with Crippen molar-refractivity contribution >= 4 is 46.3 Å². The SMILES string of the molecule is CC(=N)NCc1ccc(-c2cc(-c3nc(-c4ccc(S(=O)(=O)C(C)C)cc4)cnc3N)on2)cc1.Cl.Cl. The van der Waals surface area contributed by atoms with E-state index in [9.17, 15) is 8.42 Å². The molecular formula is C25H28Cl2N6O3S. The highest BCUT2D eigenvalue weighted by Crippen LogP contribution is 2.30. The van der Waals surface area contributed by atoms with Crippen LogP contribution in [0.1, 0.15) is 26.3 Å². The number of nitrogen functional groups attached to an aromatic ring is 1. The van der Waals surface area contributed by atoms with Crippen molar-refractivity contribution in [2.24, 2.45) is 0 Å². The molecule has 0 aliphatic rings. The molecule has 4 N–H and O–H groups in total. The Morgan fingerprint density at radius 2 is 1.62 bits per heavy atom. The molecule has 12 heteroatoms. The molecule has 4 rings (SSSR count). The van der Waals surface area contributed by atoms with Gasteiger partial charge in [-0.05, 0) is 38.5 Å². The number of anilines is 1. The van der Waals surface area contributed by atoms with Crippen molar-refractivity contribution in [1.29, 1.82) is 5.41 Å². The van der Waals surface area contributed by atoms with Crippen LogP contribution in [-0.2, 0) is 16.4 Å². The Hall–Kier alpha value is -3.47. The van der Waals surface area contributed by atoms with Gasteiger partial charge in [-0.15, -0.1) is 24.8 Å². The van der Waals surface area contributed by atoms with Gasteiger partial charge in [-0.1, -0.05) is 41.6 Å². The lowest BCUT2D eigenvalue weighted by atomic mass is 10.1. The Bertz CT molecular complexity index is 1470. The Morgan fingerprint density at radius 3 is 2.22 bits per heavy atom. The summed E-state index contributed by atoms with van der Waals surface area (Å²) in [5.74, 6) is 0.975. The van der Waals surface area contributed by atoms with Crippen LogP contribution in [0.25, 0.3) is 34.0 Å². The molecule has 9 nitrogen and oxygen atoms in total. The molecule has 0 aliphatic carbocycles. The molecule has 0 unspecified atom stereocenters. The predicted octanol–water partition coefficient (Wildman–Crippen LogP) is 5.16. The molecule has 37 heavy (non-hydrogen) atoms. The molecule has 0 saturated heterocycles. The van der Waals surface area contributed by atoms with Crippen molar-refractivity contribution in [3.63, 3.8) is 0 Å². The largest absolute Gasteiger partial charge is 0.382 e. The van der Waals surface area contributed by atoms with Gasteiger partial charge >= 0.3 is 0 Å². The molecule has 2 heterocycles. The first-order valence-electron chi connectivity index (χ1n) is 11.0. The summed E-state index contributed by atoms with van der Waals surface area (Å²) in [4.78, 5) is 9.11. The second-order valence-corrected chi connectivity index (χ2v) is 10.9. The van der Waals surface area contributed by atoms with Crippen LogP contribution in [0.4, 0.5) is 5.82 Å². The number of hydrogen-bond acceptors (Lipinski definition) is 8. The van der Waals surface area contributed by atoms with Gasteiger partial charge in [0, 0.05) is 23.7 Å². The monoisotopic (exact) mass is 562 g/mol. The van der Waals surface area contributed by atoms with Crippen LogP contribution in [-0.4, -0.2) is 34.6 Å². The van der Waals surface area contributed by atoms with Gasteiger partial charge in [0.05, 0.1) is 27.9 Å². The molecular weight excluding hydrogens is 535 g/mol. The van der Waals surface area contributed by atoms with E-state index >= 15 is 0 Å². The Kier molecular flexibility index (Phi) is 9.80. The van der Waals surface area contributed by atoms with Gasteiger partial charge in [0.2, 0.25) is 0 Å². The number of nitrogens with zero attached hydrogens (tertiary/aromatic N) is 3. The van der Waals surface area contributed by atoms with E-state index in [0.29, 0.717) is 40.8 Å². The summed E-state index contributed by atoms with van der Waals surface area (Å²) in [6.45, 7) is 5.57. The van der Waals surface area contributed by atoms with E-state index in [4.69, 9.17) is 15.7 Å². The number of aromatic nitrogens is 3. The molecule has 4 aromatic rings. The number of benzene rings is 2. The maximum absolute atomic E-state index is 12.4. The van der Waals surface area contributed by atoms with Crippen molar-refractivity contribution < 1.29 is 12.9 Å². The van der Waals surface area contributed by atoms with Crippen LogP contribution in [0.2, 0.25) is 0 Å². The minimum Gasteiger partial charge on any atom is -0.382 e. The first-order valence-corrected chi connectivity index (χ1v) is 12.5. The summed E-state index contributed by atoms with van der Waals surface area (Å²) >= 11 is 0. The smallest absolute Gasteiger partial charge is 0.189 e. The van der Waals surface area contributed by atoms with E-state index in [1.807, 2.05) is 24.3 Å². The number of nitrogens with two attached hydrogens (primary N) is 1. The first kappa shape index (κ1) is 29.8. The van der Waals surface area contributed by atoms with Crippen molar-refractivity contribution in [2.45, 2.75) is 37.5 Å². The van der Waals surface area contributed by atoms with E-state index in [-0.39, 0.29) is 35.5 Å². The topological polar surface area (TPSA) is 148 Å².